The van der Waals surface area contributed by atoms with Gasteiger partial charge in [0.1, 0.15) is 0 Å². The van der Waals surface area contributed by atoms with Crippen molar-refractivity contribution < 1.29 is 4.79 Å². The van der Waals surface area contributed by atoms with E-state index in [1.165, 1.54) is 6.92 Å². The number of nitrogens with zero attached hydrogens (tertiary/aromatic N) is 1. The lowest BCUT2D eigenvalue weighted by Crippen LogP contribution is -2.03. The summed E-state index contributed by atoms with van der Waals surface area (Å²) in [6, 6.07) is 10.9. The highest BCUT2D eigenvalue weighted by atomic mass is 35.5. The fourth-order valence-electron chi connectivity index (χ4n) is 1.57. The lowest BCUT2D eigenvalue weighted by molar-refractivity contribution is 0.101. The van der Waals surface area contributed by atoms with Crippen LogP contribution in [0.2, 0.25) is 5.02 Å². The average molecular weight is 261 g/mol. The summed E-state index contributed by atoms with van der Waals surface area (Å²) in [5.41, 5.74) is 2.31. The third-order valence-electron chi connectivity index (χ3n) is 2.56. The summed E-state index contributed by atoms with van der Waals surface area (Å²) < 4.78 is 0. The van der Waals surface area contributed by atoms with Gasteiger partial charge in [0.25, 0.3) is 0 Å². The summed E-state index contributed by atoms with van der Waals surface area (Å²) in [7, 11) is 0. The molecule has 0 amide bonds. The normalized spacial score (nSPS) is 10.1. The number of anilines is 1. The molecule has 18 heavy (non-hydrogen) atoms. The van der Waals surface area contributed by atoms with Gasteiger partial charge >= 0.3 is 0 Å². The van der Waals surface area contributed by atoms with Crippen LogP contribution >= 0.6 is 11.6 Å². The Kier molecular flexibility index (Phi) is 3.95. The number of carbonyl (C=O) groups is 1. The number of nitrogens with one attached hydrogen (secondary N) is 1. The molecule has 0 bridgehead atoms. The maximum atomic E-state index is 11.3. The number of halogens is 1. The molecule has 0 spiro atoms. The highest BCUT2D eigenvalue weighted by molar-refractivity contribution is 6.33. The van der Waals surface area contributed by atoms with Gasteiger partial charge in [0.15, 0.2) is 5.78 Å². The number of Topliss-reactive ketones (excluding diaryl/α,β-unsaturated/α-hetero) is 1. The van der Waals surface area contributed by atoms with Gasteiger partial charge in [0, 0.05) is 11.8 Å². The number of pyridine rings is 1. The monoisotopic (exact) mass is 260 g/mol. The molecular weight excluding hydrogens is 248 g/mol. The maximum Gasteiger partial charge on any atom is 0.159 e. The first-order valence-corrected chi connectivity index (χ1v) is 5.99. The Morgan fingerprint density at radius 1 is 1.33 bits per heavy atom. The van der Waals surface area contributed by atoms with E-state index in [2.05, 4.69) is 10.3 Å². The second-order valence-corrected chi connectivity index (χ2v) is 4.33. The van der Waals surface area contributed by atoms with E-state index >= 15 is 0 Å². The summed E-state index contributed by atoms with van der Waals surface area (Å²) in [5, 5.41) is 3.77. The van der Waals surface area contributed by atoms with Gasteiger partial charge in [-0.15, -0.1) is 0 Å². The maximum absolute atomic E-state index is 11.3. The number of hydrogen-bond donors (Lipinski definition) is 1. The molecule has 2 rings (SSSR count). The van der Waals surface area contributed by atoms with E-state index in [1.54, 1.807) is 24.4 Å². The lowest BCUT2D eigenvalue weighted by atomic mass is 10.1. The molecule has 1 heterocycles. The molecule has 1 N–H and O–H groups in total. The topological polar surface area (TPSA) is 42.0 Å². The first-order valence-electron chi connectivity index (χ1n) is 5.61. The van der Waals surface area contributed by atoms with E-state index in [-0.39, 0.29) is 5.78 Å². The van der Waals surface area contributed by atoms with Crippen LogP contribution in [0, 0.1) is 0 Å². The fourth-order valence-corrected chi connectivity index (χ4v) is 1.75. The minimum atomic E-state index is 0.0209. The van der Waals surface area contributed by atoms with Gasteiger partial charge in [-0.25, -0.2) is 0 Å². The molecule has 0 atom stereocenters. The first kappa shape index (κ1) is 12.6. The van der Waals surface area contributed by atoms with Crippen molar-refractivity contribution in [3.05, 3.63) is 58.9 Å². The molecule has 0 aliphatic heterocycles. The molecule has 0 aliphatic rings. The lowest BCUT2D eigenvalue weighted by Gasteiger charge is -2.09. The summed E-state index contributed by atoms with van der Waals surface area (Å²) in [6.45, 7) is 2.10. The van der Waals surface area contributed by atoms with Crippen LogP contribution < -0.4 is 5.32 Å². The second-order valence-electron chi connectivity index (χ2n) is 3.93. The van der Waals surface area contributed by atoms with Crippen LogP contribution in [-0.2, 0) is 6.54 Å². The minimum absolute atomic E-state index is 0.0209. The summed E-state index contributed by atoms with van der Waals surface area (Å²) in [6.07, 6.45) is 1.74. The van der Waals surface area contributed by atoms with Crippen LogP contribution in [0.4, 0.5) is 5.69 Å². The SMILES string of the molecule is CC(=O)c1ccc(Cl)c(NCc2ccccn2)c1. The molecule has 0 fully saturated rings. The molecule has 0 aliphatic carbocycles. The van der Waals surface area contributed by atoms with Gasteiger partial charge in [-0.05, 0) is 37.3 Å². The van der Waals surface area contributed by atoms with Crippen LogP contribution in [0.15, 0.2) is 42.6 Å². The van der Waals surface area contributed by atoms with Crippen molar-refractivity contribution in [3.63, 3.8) is 0 Å². The number of rotatable bonds is 4. The Hall–Kier alpha value is -1.87. The zero-order valence-electron chi connectivity index (χ0n) is 9.98. The quantitative estimate of drug-likeness (QED) is 0.855. The minimum Gasteiger partial charge on any atom is -0.378 e. The van der Waals surface area contributed by atoms with Crippen LogP contribution in [0.5, 0.6) is 0 Å². The summed E-state index contributed by atoms with van der Waals surface area (Å²) in [4.78, 5) is 15.5. The van der Waals surface area contributed by atoms with E-state index < -0.39 is 0 Å². The third kappa shape index (κ3) is 3.08. The van der Waals surface area contributed by atoms with Crippen molar-refractivity contribution in [2.75, 3.05) is 5.32 Å². The number of benzene rings is 1. The highest BCUT2D eigenvalue weighted by Gasteiger charge is 2.05. The molecule has 0 radical (unpaired) electrons. The molecule has 0 saturated carbocycles. The van der Waals surface area contributed by atoms with E-state index in [1.807, 2.05) is 18.2 Å². The predicted molar refractivity (Wildman–Crippen MR) is 73.0 cm³/mol. The Bertz CT molecular complexity index is 555. The Morgan fingerprint density at radius 3 is 2.83 bits per heavy atom. The smallest absolute Gasteiger partial charge is 0.159 e. The van der Waals surface area contributed by atoms with Gasteiger partial charge < -0.3 is 5.32 Å². The van der Waals surface area contributed by atoms with Crippen molar-refractivity contribution in [1.29, 1.82) is 0 Å². The molecule has 4 heteroatoms. The molecule has 92 valence electrons. The Balaban J connectivity index is 2.14. The van der Waals surface area contributed by atoms with E-state index in [0.29, 0.717) is 17.1 Å². The Morgan fingerprint density at radius 2 is 2.17 bits per heavy atom. The molecule has 2 aromatic rings. The second kappa shape index (κ2) is 5.65. The molecule has 3 nitrogen and oxygen atoms in total. The fraction of sp³-hybridized carbons (Fsp3) is 0.143. The van der Waals surface area contributed by atoms with E-state index in [0.717, 1.165) is 11.4 Å². The van der Waals surface area contributed by atoms with E-state index in [9.17, 15) is 4.79 Å². The van der Waals surface area contributed by atoms with Crippen molar-refractivity contribution in [3.8, 4) is 0 Å². The summed E-state index contributed by atoms with van der Waals surface area (Å²) in [5.74, 6) is 0.0209. The van der Waals surface area contributed by atoms with Crippen LogP contribution in [-0.4, -0.2) is 10.8 Å². The predicted octanol–water partition coefficient (Wildman–Crippen LogP) is 3.55. The van der Waals surface area contributed by atoms with Crippen LogP contribution in [0.1, 0.15) is 23.0 Å². The van der Waals surface area contributed by atoms with Gasteiger partial charge in [-0.1, -0.05) is 17.7 Å². The molecule has 1 aromatic carbocycles. The number of ketones is 1. The van der Waals surface area contributed by atoms with Crippen molar-refractivity contribution >= 4 is 23.1 Å². The third-order valence-corrected chi connectivity index (χ3v) is 2.89. The standard InChI is InChI=1S/C14H13ClN2O/c1-10(18)11-5-6-13(15)14(8-11)17-9-12-4-2-3-7-16-12/h2-8,17H,9H2,1H3. The summed E-state index contributed by atoms with van der Waals surface area (Å²) >= 11 is 6.07. The van der Waals surface area contributed by atoms with E-state index in [4.69, 9.17) is 11.6 Å². The van der Waals surface area contributed by atoms with Crippen molar-refractivity contribution in [2.45, 2.75) is 13.5 Å². The molecule has 0 saturated heterocycles. The Labute approximate surface area is 111 Å². The zero-order chi connectivity index (χ0) is 13.0. The van der Waals surface area contributed by atoms with Crippen LogP contribution in [0.3, 0.4) is 0 Å². The van der Waals surface area contributed by atoms with Gasteiger partial charge in [-0.2, -0.15) is 0 Å². The van der Waals surface area contributed by atoms with Crippen molar-refractivity contribution in [1.82, 2.24) is 4.98 Å². The first-order chi connectivity index (χ1) is 8.66. The molecule has 0 unspecified atom stereocenters. The molecular formula is C14H13ClN2O. The van der Waals surface area contributed by atoms with Crippen LogP contribution in [0.25, 0.3) is 0 Å². The number of hydrogen-bond acceptors (Lipinski definition) is 3. The number of carbonyl (C=O) groups excluding carboxylic acids is 1. The average Bonchev–Trinajstić information content (AvgIpc) is 2.38. The molecule has 1 aromatic heterocycles. The number of aromatic nitrogens is 1. The van der Waals surface area contributed by atoms with Gasteiger partial charge in [-0.3, -0.25) is 9.78 Å². The largest absolute Gasteiger partial charge is 0.378 e. The van der Waals surface area contributed by atoms with Gasteiger partial charge in [0.2, 0.25) is 0 Å². The zero-order valence-corrected chi connectivity index (χ0v) is 10.7. The highest BCUT2D eigenvalue weighted by Crippen LogP contribution is 2.23. The van der Waals surface area contributed by atoms with Crippen molar-refractivity contribution in [2.24, 2.45) is 0 Å². The van der Waals surface area contributed by atoms with Gasteiger partial charge in [0.05, 0.1) is 22.9 Å².